The smallest absolute Gasteiger partial charge is 0.281 e. The predicted octanol–water partition coefficient (Wildman–Crippen LogP) is 1.57. The van der Waals surface area contributed by atoms with Gasteiger partial charge in [-0.15, -0.1) is 0 Å². The number of hydrogen-bond acceptors (Lipinski definition) is 1. The molecular formula is C8H16N3OP. The average molecular weight is 201 g/mol. The van der Waals surface area contributed by atoms with Gasteiger partial charge in [0.25, 0.3) is 0 Å². The van der Waals surface area contributed by atoms with Crippen LogP contribution in [0.4, 0.5) is 0 Å². The number of aromatic nitrogens is 1. The van der Waals surface area contributed by atoms with E-state index in [1.165, 1.54) is 0 Å². The molecular weight excluding hydrogens is 185 g/mol. The Morgan fingerprint density at radius 2 is 1.38 bits per heavy atom. The molecule has 0 fully saturated rings. The third-order valence-electron chi connectivity index (χ3n) is 1.93. The van der Waals surface area contributed by atoms with Crippen LogP contribution in [0.25, 0.3) is 0 Å². The van der Waals surface area contributed by atoms with Crippen molar-refractivity contribution in [2.24, 2.45) is 0 Å². The molecule has 0 atom stereocenters. The molecule has 1 aromatic rings. The first-order valence-electron chi connectivity index (χ1n) is 4.09. The van der Waals surface area contributed by atoms with Gasteiger partial charge in [0.2, 0.25) is 0 Å². The lowest BCUT2D eigenvalue weighted by molar-refractivity contribution is 0.437. The van der Waals surface area contributed by atoms with Gasteiger partial charge in [0.1, 0.15) is 0 Å². The first-order valence-corrected chi connectivity index (χ1v) is 5.65. The lowest BCUT2D eigenvalue weighted by atomic mass is 10.7. The van der Waals surface area contributed by atoms with Gasteiger partial charge in [0.05, 0.1) is 0 Å². The average Bonchev–Trinajstić information content (AvgIpc) is 2.54. The summed E-state index contributed by atoms with van der Waals surface area (Å²) in [6.45, 7) is 0. The van der Waals surface area contributed by atoms with Crippen LogP contribution < -0.4 is 0 Å². The molecule has 13 heavy (non-hydrogen) atoms. The van der Waals surface area contributed by atoms with Crippen LogP contribution in [-0.2, 0) is 4.57 Å². The topological polar surface area (TPSA) is 28.5 Å². The monoisotopic (exact) mass is 201 g/mol. The van der Waals surface area contributed by atoms with Crippen LogP contribution in [0.2, 0.25) is 0 Å². The summed E-state index contributed by atoms with van der Waals surface area (Å²) in [5, 5.41) is 0. The van der Waals surface area contributed by atoms with Crippen molar-refractivity contribution < 1.29 is 4.57 Å². The highest BCUT2D eigenvalue weighted by atomic mass is 31.2. The highest BCUT2D eigenvalue weighted by Gasteiger charge is 2.29. The van der Waals surface area contributed by atoms with Crippen molar-refractivity contribution in [1.82, 2.24) is 13.7 Å². The summed E-state index contributed by atoms with van der Waals surface area (Å²) in [4.78, 5) is 0. The van der Waals surface area contributed by atoms with Gasteiger partial charge in [-0.05, 0) is 40.3 Å². The van der Waals surface area contributed by atoms with Crippen molar-refractivity contribution in [2.45, 2.75) is 0 Å². The van der Waals surface area contributed by atoms with Crippen LogP contribution >= 0.6 is 7.59 Å². The van der Waals surface area contributed by atoms with E-state index in [-0.39, 0.29) is 0 Å². The van der Waals surface area contributed by atoms with Gasteiger partial charge in [0, 0.05) is 12.4 Å². The van der Waals surface area contributed by atoms with Crippen molar-refractivity contribution in [3.63, 3.8) is 0 Å². The summed E-state index contributed by atoms with van der Waals surface area (Å²) in [5.41, 5.74) is 0. The second kappa shape index (κ2) is 3.66. The van der Waals surface area contributed by atoms with E-state index in [4.69, 9.17) is 0 Å². The molecule has 0 saturated carbocycles. The Balaban J connectivity index is 3.14. The number of hydrogen-bond donors (Lipinski definition) is 0. The molecule has 0 N–H and O–H groups in total. The molecule has 1 rings (SSSR count). The second-order valence-electron chi connectivity index (χ2n) is 3.27. The van der Waals surface area contributed by atoms with Gasteiger partial charge in [-0.25, -0.2) is 9.34 Å². The number of nitrogens with zero attached hydrogens (tertiary/aromatic N) is 3. The van der Waals surface area contributed by atoms with E-state index < -0.39 is 7.59 Å². The molecule has 0 aliphatic carbocycles. The van der Waals surface area contributed by atoms with Crippen molar-refractivity contribution >= 4 is 7.59 Å². The number of rotatable bonds is 3. The zero-order valence-electron chi connectivity index (χ0n) is 8.51. The summed E-state index contributed by atoms with van der Waals surface area (Å²) < 4.78 is 17.7. The molecule has 0 aliphatic rings. The Morgan fingerprint density at radius 1 is 1.00 bits per heavy atom. The second-order valence-corrected chi connectivity index (χ2v) is 6.36. The van der Waals surface area contributed by atoms with E-state index >= 15 is 0 Å². The van der Waals surface area contributed by atoms with E-state index in [0.717, 1.165) is 0 Å². The molecule has 74 valence electrons. The predicted molar refractivity (Wildman–Crippen MR) is 54.8 cm³/mol. The normalized spacial score (nSPS) is 12.8. The maximum atomic E-state index is 12.5. The third-order valence-corrected chi connectivity index (χ3v) is 4.88. The van der Waals surface area contributed by atoms with Crippen LogP contribution in [0.3, 0.4) is 0 Å². The molecule has 0 unspecified atom stereocenters. The van der Waals surface area contributed by atoms with Crippen molar-refractivity contribution in [3.05, 3.63) is 24.5 Å². The van der Waals surface area contributed by atoms with Crippen LogP contribution in [0.1, 0.15) is 0 Å². The van der Waals surface area contributed by atoms with E-state index in [1.54, 1.807) is 13.7 Å². The summed E-state index contributed by atoms with van der Waals surface area (Å²) in [6.07, 6.45) is 3.64. The Labute approximate surface area is 79.3 Å². The molecule has 0 aromatic carbocycles. The minimum Gasteiger partial charge on any atom is -0.281 e. The summed E-state index contributed by atoms with van der Waals surface area (Å²) in [6, 6.07) is 3.75. The first-order chi connectivity index (χ1) is 5.99. The quantitative estimate of drug-likeness (QED) is 0.695. The Kier molecular flexibility index (Phi) is 2.96. The standard InChI is InChI=1S/C8H16N3OP/c1-9(2)13(12,10(3)4)11-7-5-6-8-11/h5-8H,1-4H3. The van der Waals surface area contributed by atoms with E-state index in [9.17, 15) is 4.57 Å². The minimum atomic E-state index is -2.58. The Bertz CT molecular complexity index is 293. The molecule has 0 amide bonds. The van der Waals surface area contributed by atoms with Crippen LogP contribution in [0, 0.1) is 0 Å². The maximum Gasteiger partial charge on any atom is 0.313 e. The fraction of sp³-hybridized carbons (Fsp3) is 0.500. The molecule has 0 saturated heterocycles. The van der Waals surface area contributed by atoms with Crippen LogP contribution in [0.15, 0.2) is 24.5 Å². The Morgan fingerprint density at radius 3 is 1.69 bits per heavy atom. The maximum absolute atomic E-state index is 12.5. The molecule has 0 bridgehead atoms. The van der Waals surface area contributed by atoms with Gasteiger partial charge in [-0.1, -0.05) is 0 Å². The SMILES string of the molecule is CN(C)P(=O)(N(C)C)n1cccc1. The van der Waals surface area contributed by atoms with E-state index in [2.05, 4.69) is 0 Å². The van der Waals surface area contributed by atoms with Gasteiger partial charge >= 0.3 is 7.59 Å². The van der Waals surface area contributed by atoms with Gasteiger partial charge in [-0.2, -0.15) is 0 Å². The molecule has 5 heteroatoms. The molecule has 1 aromatic heterocycles. The van der Waals surface area contributed by atoms with Gasteiger partial charge in [-0.3, -0.25) is 8.90 Å². The fourth-order valence-electron chi connectivity index (χ4n) is 1.27. The van der Waals surface area contributed by atoms with Crippen LogP contribution in [-0.4, -0.2) is 41.9 Å². The highest BCUT2D eigenvalue weighted by molar-refractivity contribution is 7.57. The minimum absolute atomic E-state index is 1.74. The Hall–Kier alpha value is -0.570. The van der Waals surface area contributed by atoms with Crippen molar-refractivity contribution in [3.8, 4) is 0 Å². The zero-order chi connectivity index (χ0) is 10.1. The van der Waals surface area contributed by atoms with Gasteiger partial charge in [0.15, 0.2) is 0 Å². The summed E-state index contributed by atoms with van der Waals surface area (Å²) in [5.74, 6) is 0. The van der Waals surface area contributed by atoms with Gasteiger partial charge < -0.3 is 0 Å². The van der Waals surface area contributed by atoms with Crippen molar-refractivity contribution in [1.29, 1.82) is 0 Å². The molecule has 0 spiro atoms. The van der Waals surface area contributed by atoms with E-state index in [1.807, 2.05) is 52.7 Å². The largest absolute Gasteiger partial charge is 0.313 e. The van der Waals surface area contributed by atoms with Crippen LogP contribution in [0.5, 0.6) is 0 Å². The lowest BCUT2D eigenvalue weighted by Crippen LogP contribution is -2.24. The molecule has 0 radical (unpaired) electrons. The van der Waals surface area contributed by atoms with Crippen molar-refractivity contribution in [2.75, 3.05) is 28.2 Å². The summed E-state index contributed by atoms with van der Waals surface area (Å²) in [7, 11) is 4.70. The fourth-order valence-corrected chi connectivity index (χ4v) is 3.31. The molecule has 4 nitrogen and oxygen atoms in total. The first kappa shape index (κ1) is 10.5. The zero-order valence-corrected chi connectivity index (χ0v) is 9.40. The van der Waals surface area contributed by atoms with E-state index in [0.29, 0.717) is 0 Å². The third kappa shape index (κ3) is 1.70. The molecule has 0 aliphatic heterocycles. The molecule has 1 heterocycles. The lowest BCUT2D eigenvalue weighted by Gasteiger charge is -2.31. The summed E-state index contributed by atoms with van der Waals surface area (Å²) >= 11 is 0. The highest BCUT2D eigenvalue weighted by Crippen LogP contribution is 2.50.